The number of hydrogen-bond donors (Lipinski definition) is 1. The van der Waals surface area contributed by atoms with E-state index < -0.39 is 0 Å². The Morgan fingerprint density at radius 1 is 1.19 bits per heavy atom. The normalized spacial score (nSPS) is 17.8. The summed E-state index contributed by atoms with van der Waals surface area (Å²) >= 11 is 1.32. The molecule has 0 bridgehead atoms. The van der Waals surface area contributed by atoms with Crippen LogP contribution in [0.25, 0.3) is 6.08 Å². The van der Waals surface area contributed by atoms with Gasteiger partial charge in [-0.1, -0.05) is 25.1 Å². The number of hydrogen-bond acceptors (Lipinski definition) is 5. The molecule has 3 rings (SSSR count). The number of amidine groups is 1. The van der Waals surface area contributed by atoms with Gasteiger partial charge in [0, 0.05) is 5.56 Å². The Balaban J connectivity index is 1.80. The molecule has 140 valence electrons. The van der Waals surface area contributed by atoms with Gasteiger partial charge in [-0.05, 0) is 61.5 Å². The molecule has 1 N–H and O–H groups in total. The van der Waals surface area contributed by atoms with Gasteiger partial charge in [0.05, 0.1) is 23.8 Å². The summed E-state index contributed by atoms with van der Waals surface area (Å²) in [7, 11) is 1.62. The molecule has 0 spiro atoms. The Kier molecular flexibility index (Phi) is 6.19. The molecule has 27 heavy (non-hydrogen) atoms. The highest BCUT2D eigenvalue weighted by Gasteiger charge is 2.24. The van der Waals surface area contributed by atoms with E-state index in [2.05, 4.69) is 17.2 Å². The number of nitrogens with one attached hydrogen (secondary N) is 1. The van der Waals surface area contributed by atoms with E-state index in [0.717, 1.165) is 29.2 Å². The summed E-state index contributed by atoms with van der Waals surface area (Å²) in [4.78, 5) is 17.4. The number of methoxy groups -OCH3 is 1. The van der Waals surface area contributed by atoms with Gasteiger partial charge in [0.15, 0.2) is 5.17 Å². The molecule has 1 heterocycles. The van der Waals surface area contributed by atoms with Crippen molar-refractivity contribution in [3.63, 3.8) is 0 Å². The molecule has 5 nitrogen and oxygen atoms in total. The maximum absolute atomic E-state index is 12.3. The molecular formula is C21H22N2O3S. The molecule has 0 aromatic heterocycles. The Bertz CT molecular complexity index is 875. The van der Waals surface area contributed by atoms with Gasteiger partial charge in [0.2, 0.25) is 0 Å². The van der Waals surface area contributed by atoms with Crippen LogP contribution in [0.3, 0.4) is 0 Å². The molecule has 1 saturated heterocycles. The van der Waals surface area contributed by atoms with Crippen LogP contribution in [0.2, 0.25) is 0 Å². The molecule has 1 fully saturated rings. The summed E-state index contributed by atoms with van der Waals surface area (Å²) in [6.45, 7) is 4.11. The number of thioether (sulfide) groups is 1. The first-order chi connectivity index (χ1) is 13.1. The molecule has 1 atom stereocenters. The number of ether oxygens (including phenoxy) is 2. The van der Waals surface area contributed by atoms with Gasteiger partial charge < -0.3 is 14.8 Å². The highest BCUT2D eigenvalue weighted by atomic mass is 32.2. The van der Waals surface area contributed by atoms with E-state index in [9.17, 15) is 4.79 Å². The first-order valence-electron chi connectivity index (χ1n) is 8.78. The van der Waals surface area contributed by atoms with Crippen LogP contribution in [0.4, 0.5) is 5.69 Å². The third-order valence-corrected chi connectivity index (χ3v) is 4.97. The van der Waals surface area contributed by atoms with Gasteiger partial charge >= 0.3 is 0 Å². The minimum Gasteiger partial charge on any atom is -0.497 e. The molecule has 1 aliphatic rings. The van der Waals surface area contributed by atoms with Crippen LogP contribution >= 0.6 is 11.8 Å². The molecule has 0 radical (unpaired) electrons. The molecule has 0 unspecified atom stereocenters. The van der Waals surface area contributed by atoms with Crippen LogP contribution in [0, 0.1) is 0 Å². The minimum atomic E-state index is -0.161. The minimum absolute atomic E-state index is 0.113. The van der Waals surface area contributed by atoms with E-state index in [1.165, 1.54) is 11.8 Å². The SMILES string of the molecule is CC[C@H](C)Oc1ccccc1/C=C1\SC(=Nc2ccc(OC)cc2)NC1=O. The highest BCUT2D eigenvalue weighted by molar-refractivity contribution is 8.18. The maximum atomic E-state index is 12.3. The zero-order valence-electron chi connectivity index (χ0n) is 15.6. The summed E-state index contributed by atoms with van der Waals surface area (Å²) < 4.78 is 11.1. The summed E-state index contributed by atoms with van der Waals surface area (Å²) in [6, 6.07) is 15.1. The molecule has 2 aromatic carbocycles. The summed E-state index contributed by atoms with van der Waals surface area (Å²) in [5, 5.41) is 3.36. The van der Waals surface area contributed by atoms with Gasteiger partial charge in [-0.2, -0.15) is 0 Å². The molecule has 0 aliphatic carbocycles. The Morgan fingerprint density at radius 3 is 2.63 bits per heavy atom. The van der Waals surface area contributed by atoms with Crippen LogP contribution < -0.4 is 14.8 Å². The number of benzene rings is 2. The second-order valence-corrected chi connectivity index (χ2v) is 7.08. The third-order valence-electron chi connectivity index (χ3n) is 4.06. The molecule has 1 aliphatic heterocycles. The molecular weight excluding hydrogens is 360 g/mol. The van der Waals surface area contributed by atoms with E-state index in [0.29, 0.717) is 10.1 Å². The second-order valence-electron chi connectivity index (χ2n) is 6.05. The lowest BCUT2D eigenvalue weighted by atomic mass is 10.1. The van der Waals surface area contributed by atoms with E-state index in [1.54, 1.807) is 7.11 Å². The molecule has 0 saturated carbocycles. The smallest absolute Gasteiger partial charge is 0.264 e. The van der Waals surface area contributed by atoms with E-state index in [1.807, 2.05) is 61.5 Å². The van der Waals surface area contributed by atoms with Crippen molar-refractivity contribution in [1.29, 1.82) is 0 Å². The quantitative estimate of drug-likeness (QED) is 0.732. The number of rotatable bonds is 6. The van der Waals surface area contributed by atoms with Crippen LogP contribution in [-0.2, 0) is 4.79 Å². The van der Waals surface area contributed by atoms with Gasteiger partial charge in [0.1, 0.15) is 11.5 Å². The number of carbonyl (C=O) groups is 1. The van der Waals surface area contributed by atoms with E-state index in [4.69, 9.17) is 9.47 Å². The predicted molar refractivity (Wildman–Crippen MR) is 111 cm³/mol. The van der Waals surface area contributed by atoms with Crippen molar-refractivity contribution in [2.75, 3.05) is 7.11 Å². The van der Waals surface area contributed by atoms with Crippen molar-refractivity contribution >= 4 is 34.6 Å². The number of nitrogens with zero attached hydrogens (tertiary/aromatic N) is 1. The van der Waals surface area contributed by atoms with Crippen LogP contribution in [0.15, 0.2) is 58.4 Å². The predicted octanol–water partition coefficient (Wildman–Crippen LogP) is 4.76. The standard InChI is InChI=1S/C21H22N2O3S/c1-4-14(2)26-18-8-6-5-7-15(18)13-19-20(24)23-21(27-19)22-16-9-11-17(25-3)12-10-16/h5-14H,4H2,1-3H3,(H,22,23,24)/b19-13-/t14-/m0/s1. The van der Waals surface area contributed by atoms with Crippen molar-refractivity contribution in [3.8, 4) is 11.5 Å². The zero-order valence-corrected chi connectivity index (χ0v) is 16.4. The number of aliphatic imine (C=N–C) groups is 1. The van der Waals surface area contributed by atoms with Crippen molar-refractivity contribution in [3.05, 3.63) is 59.0 Å². The third kappa shape index (κ3) is 4.92. The molecule has 6 heteroatoms. The maximum Gasteiger partial charge on any atom is 0.264 e. The summed E-state index contributed by atoms with van der Waals surface area (Å²) in [6.07, 6.45) is 2.87. The fourth-order valence-corrected chi connectivity index (χ4v) is 3.24. The first-order valence-corrected chi connectivity index (χ1v) is 9.60. The average molecular weight is 382 g/mol. The largest absolute Gasteiger partial charge is 0.497 e. The second kappa shape index (κ2) is 8.77. The van der Waals surface area contributed by atoms with Crippen molar-refractivity contribution in [1.82, 2.24) is 5.32 Å². The van der Waals surface area contributed by atoms with Crippen LogP contribution in [-0.4, -0.2) is 24.3 Å². The Labute approximate surface area is 163 Å². The van der Waals surface area contributed by atoms with Crippen molar-refractivity contribution < 1.29 is 14.3 Å². The van der Waals surface area contributed by atoms with Gasteiger partial charge in [-0.15, -0.1) is 0 Å². The monoisotopic (exact) mass is 382 g/mol. The Hall–Kier alpha value is -2.73. The van der Waals surface area contributed by atoms with Crippen molar-refractivity contribution in [2.24, 2.45) is 4.99 Å². The van der Waals surface area contributed by atoms with Gasteiger partial charge in [-0.3, -0.25) is 4.79 Å². The van der Waals surface area contributed by atoms with E-state index in [-0.39, 0.29) is 12.0 Å². The average Bonchev–Trinajstić information content (AvgIpc) is 3.02. The lowest BCUT2D eigenvalue weighted by Crippen LogP contribution is -2.19. The van der Waals surface area contributed by atoms with E-state index >= 15 is 0 Å². The topological polar surface area (TPSA) is 59.9 Å². The summed E-state index contributed by atoms with van der Waals surface area (Å²) in [5.74, 6) is 1.37. The summed E-state index contributed by atoms with van der Waals surface area (Å²) in [5.41, 5.74) is 1.63. The lowest BCUT2D eigenvalue weighted by Gasteiger charge is -2.14. The Morgan fingerprint density at radius 2 is 1.93 bits per heavy atom. The van der Waals surface area contributed by atoms with Gasteiger partial charge in [0.25, 0.3) is 5.91 Å². The lowest BCUT2D eigenvalue weighted by molar-refractivity contribution is -0.115. The fourth-order valence-electron chi connectivity index (χ4n) is 2.40. The first kappa shape index (κ1) is 19.0. The van der Waals surface area contributed by atoms with Crippen LogP contribution in [0.5, 0.6) is 11.5 Å². The van der Waals surface area contributed by atoms with Gasteiger partial charge in [-0.25, -0.2) is 4.99 Å². The van der Waals surface area contributed by atoms with Crippen LogP contribution in [0.1, 0.15) is 25.8 Å². The molecule has 2 aromatic rings. The fraction of sp³-hybridized carbons (Fsp3) is 0.238. The molecule has 1 amide bonds. The highest BCUT2D eigenvalue weighted by Crippen LogP contribution is 2.31. The zero-order chi connectivity index (χ0) is 19.2. The number of amides is 1. The number of carbonyl (C=O) groups excluding carboxylic acids is 1. The van der Waals surface area contributed by atoms with Crippen molar-refractivity contribution in [2.45, 2.75) is 26.4 Å². The number of para-hydroxylation sites is 1.